The molecule has 6 nitrogen and oxygen atoms in total. The van der Waals surface area contributed by atoms with E-state index in [0.717, 1.165) is 12.3 Å². The zero-order valence-corrected chi connectivity index (χ0v) is 11.9. The maximum absolute atomic E-state index is 10.4. The predicted molar refractivity (Wildman–Crippen MR) is 76.5 cm³/mol. The van der Waals surface area contributed by atoms with Crippen LogP contribution in [0.25, 0.3) is 0 Å². The molecule has 0 spiro atoms. The SMILES string of the molecule is CCNC(=NCc1ccco1)NCC1(O)CCOCC1. The quantitative estimate of drug-likeness (QED) is 0.551. The Bertz CT molecular complexity index is 411. The number of ether oxygens (including phenoxy) is 1. The maximum atomic E-state index is 10.4. The number of aliphatic imine (C=N–C) groups is 1. The first-order chi connectivity index (χ1) is 9.72. The maximum Gasteiger partial charge on any atom is 0.191 e. The Morgan fingerprint density at radius 3 is 2.85 bits per heavy atom. The minimum Gasteiger partial charge on any atom is -0.467 e. The third-order valence-corrected chi connectivity index (χ3v) is 3.33. The highest BCUT2D eigenvalue weighted by Gasteiger charge is 2.29. The van der Waals surface area contributed by atoms with Gasteiger partial charge in [-0.2, -0.15) is 0 Å². The van der Waals surface area contributed by atoms with Crippen molar-refractivity contribution in [2.75, 3.05) is 26.3 Å². The van der Waals surface area contributed by atoms with Crippen molar-refractivity contribution < 1.29 is 14.3 Å². The van der Waals surface area contributed by atoms with E-state index in [4.69, 9.17) is 9.15 Å². The smallest absolute Gasteiger partial charge is 0.191 e. The normalized spacial score (nSPS) is 18.8. The highest BCUT2D eigenvalue weighted by atomic mass is 16.5. The van der Waals surface area contributed by atoms with Gasteiger partial charge in [0.05, 0.1) is 11.9 Å². The lowest BCUT2D eigenvalue weighted by Gasteiger charge is -2.32. The average molecular weight is 281 g/mol. The van der Waals surface area contributed by atoms with Gasteiger partial charge < -0.3 is 24.9 Å². The Morgan fingerprint density at radius 1 is 1.40 bits per heavy atom. The van der Waals surface area contributed by atoms with Crippen LogP contribution in [0.3, 0.4) is 0 Å². The number of aliphatic hydroxyl groups is 1. The van der Waals surface area contributed by atoms with Gasteiger partial charge in [0.15, 0.2) is 5.96 Å². The predicted octanol–water partition coefficient (Wildman–Crippen LogP) is 0.876. The Balaban J connectivity index is 1.86. The molecule has 20 heavy (non-hydrogen) atoms. The van der Waals surface area contributed by atoms with E-state index in [1.807, 2.05) is 19.1 Å². The molecular formula is C14H23N3O3. The number of furan rings is 1. The molecule has 0 radical (unpaired) electrons. The largest absolute Gasteiger partial charge is 0.467 e. The highest BCUT2D eigenvalue weighted by molar-refractivity contribution is 5.79. The van der Waals surface area contributed by atoms with Crippen LogP contribution >= 0.6 is 0 Å². The van der Waals surface area contributed by atoms with Crippen molar-refractivity contribution >= 4 is 5.96 Å². The number of guanidine groups is 1. The van der Waals surface area contributed by atoms with E-state index >= 15 is 0 Å². The molecule has 1 saturated heterocycles. The number of hydrogen-bond acceptors (Lipinski definition) is 4. The molecule has 1 fully saturated rings. The summed E-state index contributed by atoms with van der Waals surface area (Å²) < 4.78 is 10.5. The number of rotatable bonds is 5. The van der Waals surface area contributed by atoms with Crippen molar-refractivity contribution in [3.8, 4) is 0 Å². The standard InChI is InChI=1S/C14H23N3O3/c1-2-15-13(16-10-12-4-3-7-20-12)17-11-14(18)5-8-19-9-6-14/h3-4,7,18H,2,5-6,8-11H2,1H3,(H2,15,16,17). The van der Waals surface area contributed by atoms with Crippen LogP contribution in [0, 0.1) is 0 Å². The van der Waals surface area contributed by atoms with Crippen molar-refractivity contribution in [2.24, 2.45) is 4.99 Å². The third kappa shape index (κ3) is 4.54. The first-order valence-electron chi connectivity index (χ1n) is 7.06. The Kier molecular flexibility index (Phi) is 5.43. The van der Waals surface area contributed by atoms with Gasteiger partial charge in [0.2, 0.25) is 0 Å². The fourth-order valence-corrected chi connectivity index (χ4v) is 2.08. The molecule has 0 unspecified atom stereocenters. The van der Waals surface area contributed by atoms with Crippen molar-refractivity contribution in [1.82, 2.24) is 10.6 Å². The summed E-state index contributed by atoms with van der Waals surface area (Å²) in [6, 6.07) is 3.73. The number of nitrogens with one attached hydrogen (secondary N) is 2. The molecule has 3 N–H and O–H groups in total. The van der Waals surface area contributed by atoms with Crippen LogP contribution in [-0.4, -0.2) is 43.0 Å². The molecular weight excluding hydrogens is 258 g/mol. The van der Waals surface area contributed by atoms with E-state index in [-0.39, 0.29) is 0 Å². The van der Waals surface area contributed by atoms with E-state index in [1.165, 1.54) is 0 Å². The zero-order chi connectivity index (χ0) is 14.3. The van der Waals surface area contributed by atoms with Gasteiger partial charge in [0.1, 0.15) is 12.3 Å². The van der Waals surface area contributed by atoms with Crippen LogP contribution in [0.4, 0.5) is 0 Å². The number of hydrogen-bond donors (Lipinski definition) is 3. The second-order valence-electron chi connectivity index (χ2n) is 4.96. The van der Waals surface area contributed by atoms with Crippen LogP contribution in [0.15, 0.2) is 27.8 Å². The second kappa shape index (κ2) is 7.31. The molecule has 2 rings (SSSR count). The van der Waals surface area contributed by atoms with Gasteiger partial charge in [0, 0.05) is 39.1 Å². The fourth-order valence-electron chi connectivity index (χ4n) is 2.08. The first-order valence-corrected chi connectivity index (χ1v) is 7.06. The molecule has 0 atom stereocenters. The molecule has 0 amide bonds. The molecule has 0 aliphatic carbocycles. The van der Waals surface area contributed by atoms with E-state index in [9.17, 15) is 5.11 Å². The zero-order valence-electron chi connectivity index (χ0n) is 11.9. The summed E-state index contributed by atoms with van der Waals surface area (Å²) in [4.78, 5) is 4.43. The van der Waals surface area contributed by atoms with Gasteiger partial charge >= 0.3 is 0 Å². The lowest BCUT2D eigenvalue weighted by atomic mass is 9.94. The molecule has 1 aromatic rings. The minimum atomic E-state index is -0.709. The van der Waals surface area contributed by atoms with Crippen molar-refractivity contribution in [3.63, 3.8) is 0 Å². The van der Waals surface area contributed by atoms with Gasteiger partial charge in [-0.15, -0.1) is 0 Å². The lowest BCUT2D eigenvalue weighted by Crippen LogP contribution is -2.49. The Morgan fingerprint density at radius 2 is 2.20 bits per heavy atom. The summed E-state index contributed by atoms with van der Waals surface area (Å²) in [5, 5.41) is 16.7. The molecule has 0 bridgehead atoms. The van der Waals surface area contributed by atoms with Crippen molar-refractivity contribution in [3.05, 3.63) is 24.2 Å². The topological polar surface area (TPSA) is 79.0 Å². The summed E-state index contributed by atoms with van der Waals surface area (Å²) in [5.74, 6) is 1.50. The van der Waals surface area contributed by atoms with Gasteiger partial charge in [-0.1, -0.05) is 0 Å². The average Bonchev–Trinajstić information content (AvgIpc) is 2.96. The monoisotopic (exact) mass is 281 g/mol. The Labute approximate surface area is 119 Å². The molecule has 0 saturated carbocycles. The summed E-state index contributed by atoms with van der Waals surface area (Å²) in [7, 11) is 0. The second-order valence-corrected chi connectivity index (χ2v) is 4.96. The highest BCUT2D eigenvalue weighted by Crippen LogP contribution is 2.19. The minimum absolute atomic E-state index is 0.473. The van der Waals surface area contributed by atoms with E-state index in [2.05, 4.69) is 15.6 Å². The molecule has 1 aromatic heterocycles. The molecule has 112 valence electrons. The van der Waals surface area contributed by atoms with E-state index < -0.39 is 5.60 Å². The van der Waals surface area contributed by atoms with Gasteiger partial charge in [-0.05, 0) is 19.1 Å². The van der Waals surface area contributed by atoms with Crippen molar-refractivity contribution in [1.29, 1.82) is 0 Å². The summed E-state index contributed by atoms with van der Waals surface area (Å²) in [6.45, 7) is 4.94. The van der Waals surface area contributed by atoms with Gasteiger partial charge in [-0.25, -0.2) is 4.99 Å². The van der Waals surface area contributed by atoms with Gasteiger partial charge in [0.25, 0.3) is 0 Å². The van der Waals surface area contributed by atoms with Crippen LogP contribution in [0.2, 0.25) is 0 Å². The lowest BCUT2D eigenvalue weighted by molar-refractivity contribution is -0.0594. The molecule has 1 aliphatic heterocycles. The van der Waals surface area contributed by atoms with Crippen LogP contribution in [-0.2, 0) is 11.3 Å². The van der Waals surface area contributed by atoms with Crippen molar-refractivity contribution in [2.45, 2.75) is 31.9 Å². The molecule has 6 heteroatoms. The third-order valence-electron chi connectivity index (χ3n) is 3.33. The molecule has 2 heterocycles. The molecule has 1 aliphatic rings. The summed E-state index contributed by atoms with van der Waals surface area (Å²) in [6.07, 6.45) is 2.94. The van der Waals surface area contributed by atoms with E-state index in [0.29, 0.717) is 45.1 Å². The summed E-state index contributed by atoms with van der Waals surface area (Å²) in [5.41, 5.74) is -0.709. The summed E-state index contributed by atoms with van der Waals surface area (Å²) >= 11 is 0. The number of nitrogens with zero attached hydrogens (tertiary/aromatic N) is 1. The fraction of sp³-hybridized carbons (Fsp3) is 0.643. The van der Waals surface area contributed by atoms with Gasteiger partial charge in [-0.3, -0.25) is 0 Å². The van der Waals surface area contributed by atoms with Crippen LogP contribution in [0.5, 0.6) is 0 Å². The first kappa shape index (κ1) is 14.9. The van der Waals surface area contributed by atoms with E-state index in [1.54, 1.807) is 6.26 Å². The van der Waals surface area contributed by atoms with Crippen LogP contribution < -0.4 is 10.6 Å². The molecule has 0 aromatic carbocycles. The Hall–Kier alpha value is -1.53. The van der Waals surface area contributed by atoms with Crippen LogP contribution in [0.1, 0.15) is 25.5 Å².